The fourth-order valence-corrected chi connectivity index (χ4v) is 6.96. The van der Waals surface area contributed by atoms with E-state index in [1.807, 2.05) is 19.9 Å². The van der Waals surface area contributed by atoms with E-state index in [4.69, 9.17) is 4.74 Å². The Morgan fingerprint density at radius 2 is 1.89 bits per heavy atom. The number of nitrogens with zero attached hydrogens (tertiary/aromatic N) is 2. The number of amides is 2. The molecule has 0 saturated carbocycles. The zero-order valence-electron chi connectivity index (χ0n) is 20.0. The third kappa shape index (κ3) is 5.82. The first-order chi connectivity index (χ1) is 16.8. The molecule has 188 valence electrons. The van der Waals surface area contributed by atoms with Crippen molar-refractivity contribution in [2.24, 2.45) is 0 Å². The number of carbonyl (C=O) groups is 2. The summed E-state index contributed by atoms with van der Waals surface area (Å²) in [6.45, 7) is 5.03. The van der Waals surface area contributed by atoms with E-state index in [0.29, 0.717) is 36.8 Å². The summed E-state index contributed by atoms with van der Waals surface area (Å²) >= 11 is 1.51. The molecule has 2 amide bonds. The Kier molecular flexibility index (Phi) is 8.03. The molecule has 0 spiro atoms. The summed E-state index contributed by atoms with van der Waals surface area (Å²) in [5, 5.41) is 2.83. The Balaban J connectivity index is 1.63. The van der Waals surface area contributed by atoms with Crippen LogP contribution < -0.4 is 15.0 Å². The molecule has 2 heterocycles. The number of hydrogen-bond donors (Lipinski definition) is 1. The van der Waals surface area contributed by atoms with E-state index in [-0.39, 0.29) is 34.9 Å². The Labute approximate surface area is 211 Å². The number of piperidine rings is 1. The molecule has 1 atom stereocenters. The first kappa shape index (κ1) is 25.5. The average Bonchev–Trinajstić information content (AvgIpc) is 2.95. The van der Waals surface area contributed by atoms with Crippen molar-refractivity contribution in [1.29, 1.82) is 0 Å². The standard InChI is InChI=1S/C25H31N3O5S2/c1-3-33-22-10-6-5-9-20(22)26-24(29)17-28-21-16-19(35(31,32)27-13-7-4-8-14-27)11-12-23(21)34-18(2)15-25(28)30/h5-6,9-12,16,18H,3-4,7-8,13-15,17H2,1-2H3,(H,26,29). The maximum atomic E-state index is 13.3. The van der Waals surface area contributed by atoms with Crippen LogP contribution in [0.2, 0.25) is 0 Å². The molecular formula is C25H31N3O5S2. The zero-order valence-corrected chi connectivity index (χ0v) is 21.7. The van der Waals surface area contributed by atoms with Gasteiger partial charge in [0.15, 0.2) is 0 Å². The molecule has 4 rings (SSSR count). The number of benzene rings is 2. The minimum absolute atomic E-state index is 0.00227. The van der Waals surface area contributed by atoms with Crippen LogP contribution in [0.1, 0.15) is 39.5 Å². The van der Waals surface area contributed by atoms with E-state index in [1.165, 1.54) is 21.0 Å². The van der Waals surface area contributed by atoms with E-state index in [9.17, 15) is 18.0 Å². The minimum Gasteiger partial charge on any atom is -0.492 e. The van der Waals surface area contributed by atoms with Crippen LogP contribution in [-0.4, -0.2) is 56.0 Å². The molecule has 1 fully saturated rings. The Bertz CT molecular complexity index is 1200. The lowest BCUT2D eigenvalue weighted by atomic mass is 10.2. The molecule has 2 aromatic carbocycles. The highest BCUT2D eigenvalue weighted by molar-refractivity contribution is 8.00. The van der Waals surface area contributed by atoms with Gasteiger partial charge in [-0.3, -0.25) is 9.59 Å². The van der Waals surface area contributed by atoms with E-state index in [2.05, 4.69) is 5.32 Å². The van der Waals surface area contributed by atoms with Crippen LogP contribution in [0.3, 0.4) is 0 Å². The summed E-state index contributed by atoms with van der Waals surface area (Å²) in [6, 6.07) is 12.0. The molecule has 0 aromatic heterocycles. The Morgan fingerprint density at radius 3 is 2.63 bits per heavy atom. The molecule has 2 aliphatic rings. The van der Waals surface area contributed by atoms with Crippen LogP contribution in [-0.2, 0) is 19.6 Å². The van der Waals surface area contributed by atoms with Crippen LogP contribution in [0.25, 0.3) is 0 Å². The SMILES string of the molecule is CCOc1ccccc1NC(=O)CN1C(=O)CC(C)Sc2ccc(S(=O)(=O)N3CCCCC3)cc21. The van der Waals surface area contributed by atoms with Gasteiger partial charge in [-0.25, -0.2) is 8.42 Å². The molecule has 1 unspecified atom stereocenters. The number of hydrogen-bond acceptors (Lipinski definition) is 6. The number of anilines is 2. The highest BCUT2D eigenvalue weighted by Gasteiger charge is 2.32. The summed E-state index contributed by atoms with van der Waals surface area (Å²) in [7, 11) is -3.68. The largest absolute Gasteiger partial charge is 0.492 e. The number of sulfonamides is 1. The van der Waals surface area contributed by atoms with Crippen molar-refractivity contribution in [1.82, 2.24) is 4.31 Å². The number of fused-ring (bicyclic) bond motifs is 1. The number of para-hydroxylation sites is 2. The second-order valence-corrected chi connectivity index (χ2v) is 12.1. The molecule has 2 aliphatic heterocycles. The smallest absolute Gasteiger partial charge is 0.244 e. The number of rotatable bonds is 7. The lowest BCUT2D eigenvalue weighted by Gasteiger charge is -2.27. The van der Waals surface area contributed by atoms with Gasteiger partial charge in [0.05, 0.1) is 22.9 Å². The number of nitrogens with one attached hydrogen (secondary N) is 1. The fourth-order valence-electron chi connectivity index (χ4n) is 4.33. The van der Waals surface area contributed by atoms with Crippen molar-refractivity contribution >= 4 is 45.0 Å². The van der Waals surface area contributed by atoms with Gasteiger partial charge in [0.2, 0.25) is 21.8 Å². The van der Waals surface area contributed by atoms with E-state index in [1.54, 1.807) is 36.4 Å². The fraction of sp³-hybridized carbons (Fsp3) is 0.440. The van der Waals surface area contributed by atoms with Gasteiger partial charge in [-0.2, -0.15) is 4.31 Å². The third-order valence-electron chi connectivity index (χ3n) is 6.03. The molecule has 1 saturated heterocycles. The molecule has 0 aliphatic carbocycles. The molecule has 0 bridgehead atoms. The predicted molar refractivity (Wildman–Crippen MR) is 138 cm³/mol. The maximum absolute atomic E-state index is 13.3. The Morgan fingerprint density at radius 1 is 1.14 bits per heavy atom. The molecule has 35 heavy (non-hydrogen) atoms. The van der Waals surface area contributed by atoms with Gasteiger partial charge in [-0.15, -0.1) is 11.8 Å². The first-order valence-corrected chi connectivity index (χ1v) is 14.2. The summed E-state index contributed by atoms with van der Waals surface area (Å²) in [4.78, 5) is 28.5. The third-order valence-corrected chi connectivity index (χ3v) is 9.09. The molecule has 8 nitrogen and oxygen atoms in total. The van der Waals surface area contributed by atoms with Gasteiger partial charge in [0.1, 0.15) is 12.3 Å². The van der Waals surface area contributed by atoms with E-state index in [0.717, 1.165) is 24.2 Å². The summed E-state index contributed by atoms with van der Waals surface area (Å²) < 4.78 is 33.7. The van der Waals surface area contributed by atoms with Crippen molar-refractivity contribution in [3.8, 4) is 5.75 Å². The van der Waals surface area contributed by atoms with Gasteiger partial charge in [0.25, 0.3) is 0 Å². The Hall–Kier alpha value is -2.56. The molecular weight excluding hydrogens is 486 g/mol. The van der Waals surface area contributed by atoms with Crippen molar-refractivity contribution in [2.75, 3.05) is 36.5 Å². The zero-order chi connectivity index (χ0) is 25.0. The second kappa shape index (κ2) is 11.0. The lowest BCUT2D eigenvalue weighted by Crippen LogP contribution is -2.39. The second-order valence-electron chi connectivity index (χ2n) is 8.68. The van der Waals surface area contributed by atoms with Crippen molar-refractivity contribution in [3.05, 3.63) is 42.5 Å². The topological polar surface area (TPSA) is 96.0 Å². The molecule has 10 heteroatoms. The highest BCUT2D eigenvalue weighted by atomic mass is 32.2. The van der Waals surface area contributed by atoms with Gasteiger partial charge < -0.3 is 15.0 Å². The van der Waals surface area contributed by atoms with Crippen LogP contribution >= 0.6 is 11.8 Å². The van der Waals surface area contributed by atoms with Crippen LogP contribution in [0.4, 0.5) is 11.4 Å². The van der Waals surface area contributed by atoms with Gasteiger partial charge in [-0.1, -0.05) is 25.5 Å². The van der Waals surface area contributed by atoms with Gasteiger partial charge in [-0.05, 0) is 50.1 Å². The molecule has 2 aromatic rings. The quantitative estimate of drug-likeness (QED) is 0.594. The van der Waals surface area contributed by atoms with Crippen molar-refractivity contribution in [3.63, 3.8) is 0 Å². The van der Waals surface area contributed by atoms with Crippen molar-refractivity contribution < 1.29 is 22.7 Å². The average molecular weight is 518 g/mol. The molecule has 1 N–H and O–H groups in total. The van der Waals surface area contributed by atoms with Gasteiger partial charge >= 0.3 is 0 Å². The summed E-state index contributed by atoms with van der Waals surface area (Å²) in [6.07, 6.45) is 2.95. The van der Waals surface area contributed by atoms with Crippen LogP contribution in [0.15, 0.2) is 52.3 Å². The number of thioether (sulfide) groups is 1. The van der Waals surface area contributed by atoms with Gasteiger partial charge in [0, 0.05) is 29.7 Å². The van der Waals surface area contributed by atoms with E-state index < -0.39 is 10.0 Å². The lowest BCUT2D eigenvalue weighted by molar-refractivity contribution is -0.121. The first-order valence-electron chi connectivity index (χ1n) is 11.9. The highest BCUT2D eigenvalue weighted by Crippen LogP contribution is 2.40. The summed E-state index contributed by atoms with van der Waals surface area (Å²) in [5.41, 5.74) is 0.974. The molecule has 0 radical (unpaired) electrons. The number of ether oxygens (including phenoxy) is 1. The normalized spacial score (nSPS) is 19.1. The van der Waals surface area contributed by atoms with Crippen LogP contribution in [0, 0.1) is 0 Å². The summed E-state index contributed by atoms with van der Waals surface area (Å²) in [5.74, 6) is -0.0603. The van der Waals surface area contributed by atoms with Crippen LogP contribution in [0.5, 0.6) is 5.75 Å². The minimum atomic E-state index is -3.68. The van der Waals surface area contributed by atoms with Crippen molar-refractivity contribution in [2.45, 2.75) is 54.6 Å². The monoisotopic (exact) mass is 517 g/mol. The number of carbonyl (C=O) groups excluding carboxylic acids is 2. The predicted octanol–water partition coefficient (Wildman–Crippen LogP) is 4.12. The maximum Gasteiger partial charge on any atom is 0.244 e. The van der Waals surface area contributed by atoms with E-state index >= 15 is 0 Å².